The van der Waals surface area contributed by atoms with Gasteiger partial charge in [0.25, 0.3) is 0 Å². The molecule has 0 radical (unpaired) electrons. The number of amides is 1. The van der Waals surface area contributed by atoms with Gasteiger partial charge in [0.15, 0.2) is 0 Å². The Morgan fingerprint density at radius 3 is 2.85 bits per heavy atom. The zero-order valence-corrected chi connectivity index (χ0v) is 12.6. The number of rotatable bonds is 1. The molecular formula is C14H13Cl2N3O. The first-order chi connectivity index (χ1) is 9.47. The number of hydrogen-bond donors (Lipinski definition) is 1. The number of fused-ring (bicyclic) bond motifs is 1. The van der Waals surface area contributed by atoms with Crippen molar-refractivity contribution in [2.45, 2.75) is 19.3 Å². The van der Waals surface area contributed by atoms with Gasteiger partial charge in [-0.25, -0.2) is 0 Å². The maximum absolute atomic E-state index is 11.9. The molecule has 3 rings (SSSR count). The summed E-state index contributed by atoms with van der Waals surface area (Å²) >= 11 is 12.2. The number of benzene rings is 1. The summed E-state index contributed by atoms with van der Waals surface area (Å²) in [4.78, 5) is 11.9. The summed E-state index contributed by atoms with van der Waals surface area (Å²) in [6.45, 7) is 1.94. The Morgan fingerprint density at radius 2 is 2.15 bits per heavy atom. The molecular weight excluding hydrogens is 297 g/mol. The molecule has 0 spiro atoms. The Morgan fingerprint density at radius 1 is 1.40 bits per heavy atom. The van der Waals surface area contributed by atoms with E-state index in [0.717, 1.165) is 22.6 Å². The third-order valence-electron chi connectivity index (χ3n) is 3.60. The average Bonchev–Trinajstić information content (AvgIpc) is 2.64. The van der Waals surface area contributed by atoms with E-state index in [4.69, 9.17) is 23.2 Å². The quantitative estimate of drug-likeness (QED) is 0.876. The van der Waals surface area contributed by atoms with Crippen molar-refractivity contribution in [1.82, 2.24) is 9.78 Å². The second kappa shape index (κ2) is 4.79. The SMILES string of the molecule is Cc1nn(C)c2c1[C@@H](c1ccc(Cl)cc1Cl)CC(=O)N2. The van der Waals surface area contributed by atoms with Crippen LogP contribution in [0.2, 0.25) is 10.0 Å². The largest absolute Gasteiger partial charge is 0.311 e. The van der Waals surface area contributed by atoms with Crippen LogP contribution in [0, 0.1) is 6.92 Å². The van der Waals surface area contributed by atoms with Crippen molar-refractivity contribution in [3.05, 3.63) is 45.1 Å². The molecule has 0 saturated carbocycles. The number of aromatic nitrogens is 2. The standard InChI is InChI=1S/C14H13Cl2N3O/c1-7-13-10(9-4-3-8(15)5-11(9)16)6-12(20)17-14(13)19(2)18-7/h3-5,10H,6H2,1-2H3,(H,17,20)/t10-/m1/s1. The van der Waals surface area contributed by atoms with Gasteiger partial charge in [-0.3, -0.25) is 9.48 Å². The van der Waals surface area contributed by atoms with Gasteiger partial charge in [0, 0.05) is 35.0 Å². The van der Waals surface area contributed by atoms with Crippen LogP contribution in [0.15, 0.2) is 18.2 Å². The Balaban J connectivity index is 2.18. The highest BCUT2D eigenvalue weighted by Crippen LogP contribution is 2.41. The van der Waals surface area contributed by atoms with Crippen LogP contribution >= 0.6 is 23.2 Å². The van der Waals surface area contributed by atoms with E-state index in [-0.39, 0.29) is 11.8 Å². The lowest BCUT2D eigenvalue weighted by molar-refractivity contribution is -0.116. The van der Waals surface area contributed by atoms with Crippen molar-refractivity contribution in [2.24, 2.45) is 7.05 Å². The molecule has 2 heterocycles. The van der Waals surface area contributed by atoms with Crippen LogP contribution in [0.1, 0.15) is 29.2 Å². The second-order valence-corrected chi connectivity index (χ2v) is 5.79. The highest BCUT2D eigenvalue weighted by atomic mass is 35.5. The van der Waals surface area contributed by atoms with Crippen LogP contribution < -0.4 is 5.32 Å². The number of carbonyl (C=O) groups is 1. The van der Waals surface area contributed by atoms with Crippen LogP contribution in [0.4, 0.5) is 5.82 Å². The lowest BCUT2D eigenvalue weighted by Crippen LogP contribution is -2.24. The molecule has 1 aliphatic heterocycles. The Hall–Kier alpha value is -1.52. The molecule has 0 saturated heterocycles. The molecule has 1 N–H and O–H groups in total. The molecule has 0 aliphatic carbocycles. The lowest BCUT2D eigenvalue weighted by Gasteiger charge is -2.24. The molecule has 2 aromatic rings. The minimum Gasteiger partial charge on any atom is -0.311 e. The highest BCUT2D eigenvalue weighted by Gasteiger charge is 2.32. The van der Waals surface area contributed by atoms with Gasteiger partial charge in [-0.15, -0.1) is 0 Å². The Bertz CT molecular complexity index is 709. The van der Waals surface area contributed by atoms with Crippen LogP contribution in [-0.4, -0.2) is 15.7 Å². The zero-order valence-electron chi connectivity index (χ0n) is 11.1. The minimum absolute atomic E-state index is 0.0310. The Labute approximate surface area is 126 Å². The van der Waals surface area contributed by atoms with Crippen LogP contribution in [-0.2, 0) is 11.8 Å². The van der Waals surface area contributed by atoms with E-state index in [1.807, 2.05) is 20.0 Å². The topological polar surface area (TPSA) is 46.9 Å². The number of nitrogens with one attached hydrogen (secondary N) is 1. The van der Waals surface area contributed by atoms with E-state index < -0.39 is 0 Å². The van der Waals surface area contributed by atoms with E-state index in [0.29, 0.717) is 16.5 Å². The van der Waals surface area contributed by atoms with E-state index in [1.165, 1.54) is 0 Å². The van der Waals surface area contributed by atoms with E-state index in [9.17, 15) is 4.79 Å². The van der Waals surface area contributed by atoms with Gasteiger partial charge in [0.1, 0.15) is 5.82 Å². The van der Waals surface area contributed by atoms with Crippen molar-refractivity contribution < 1.29 is 4.79 Å². The van der Waals surface area contributed by atoms with Gasteiger partial charge < -0.3 is 5.32 Å². The minimum atomic E-state index is -0.0859. The third-order valence-corrected chi connectivity index (χ3v) is 4.16. The summed E-state index contributed by atoms with van der Waals surface area (Å²) < 4.78 is 1.69. The van der Waals surface area contributed by atoms with Gasteiger partial charge in [-0.05, 0) is 24.6 Å². The Kier molecular flexibility index (Phi) is 3.22. The number of carbonyl (C=O) groups excluding carboxylic acids is 1. The summed E-state index contributed by atoms with van der Waals surface area (Å²) in [5.74, 6) is 0.628. The molecule has 20 heavy (non-hydrogen) atoms. The van der Waals surface area contributed by atoms with Gasteiger partial charge in [0.2, 0.25) is 5.91 Å². The molecule has 4 nitrogen and oxygen atoms in total. The van der Waals surface area contributed by atoms with Crippen LogP contribution in [0.3, 0.4) is 0 Å². The fraction of sp³-hybridized carbons (Fsp3) is 0.286. The van der Waals surface area contributed by atoms with Gasteiger partial charge >= 0.3 is 0 Å². The first kappa shape index (κ1) is 13.5. The number of hydrogen-bond acceptors (Lipinski definition) is 2. The summed E-state index contributed by atoms with van der Waals surface area (Å²) in [6, 6.07) is 5.38. The highest BCUT2D eigenvalue weighted by molar-refractivity contribution is 6.35. The van der Waals surface area contributed by atoms with Crippen molar-refractivity contribution in [3.8, 4) is 0 Å². The number of halogens is 2. The van der Waals surface area contributed by atoms with E-state index >= 15 is 0 Å². The molecule has 6 heteroatoms. The lowest BCUT2D eigenvalue weighted by atomic mass is 9.86. The molecule has 0 bridgehead atoms. The third kappa shape index (κ3) is 2.09. The molecule has 104 valence electrons. The second-order valence-electron chi connectivity index (χ2n) is 4.94. The monoisotopic (exact) mass is 309 g/mol. The molecule has 0 unspecified atom stereocenters. The molecule has 1 amide bonds. The number of nitrogens with zero attached hydrogens (tertiary/aromatic N) is 2. The maximum Gasteiger partial charge on any atom is 0.226 e. The van der Waals surface area contributed by atoms with Crippen molar-refractivity contribution in [2.75, 3.05) is 5.32 Å². The summed E-state index contributed by atoms with van der Waals surface area (Å²) in [5.41, 5.74) is 2.83. The average molecular weight is 310 g/mol. The predicted molar refractivity (Wildman–Crippen MR) is 79.5 cm³/mol. The van der Waals surface area contributed by atoms with Crippen LogP contribution in [0.25, 0.3) is 0 Å². The first-order valence-corrected chi connectivity index (χ1v) is 7.01. The van der Waals surface area contributed by atoms with Gasteiger partial charge in [-0.1, -0.05) is 29.3 Å². The van der Waals surface area contributed by atoms with Crippen molar-refractivity contribution in [3.63, 3.8) is 0 Å². The normalized spacial score (nSPS) is 17.8. The molecule has 1 aliphatic rings. The molecule has 1 aromatic carbocycles. The first-order valence-electron chi connectivity index (χ1n) is 6.25. The predicted octanol–water partition coefficient (Wildman–Crippen LogP) is 3.51. The van der Waals surface area contributed by atoms with E-state index in [2.05, 4.69) is 10.4 Å². The number of aryl methyl sites for hydroxylation is 2. The summed E-state index contributed by atoms with van der Waals surface area (Å²) in [7, 11) is 1.82. The fourth-order valence-electron chi connectivity index (χ4n) is 2.76. The summed E-state index contributed by atoms with van der Waals surface area (Å²) in [6.07, 6.45) is 0.362. The molecule has 1 atom stereocenters. The van der Waals surface area contributed by atoms with Crippen molar-refractivity contribution >= 4 is 34.9 Å². The smallest absolute Gasteiger partial charge is 0.226 e. The van der Waals surface area contributed by atoms with Gasteiger partial charge in [-0.2, -0.15) is 5.10 Å². The van der Waals surface area contributed by atoms with Gasteiger partial charge in [0.05, 0.1) is 5.69 Å². The fourth-order valence-corrected chi connectivity index (χ4v) is 3.30. The maximum atomic E-state index is 11.9. The molecule has 0 fully saturated rings. The van der Waals surface area contributed by atoms with Crippen molar-refractivity contribution in [1.29, 1.82) is 0 Å². The number of anilines is 1. The summed E-state index contributed by atoms with van der Waals surface area (Å²) in [5, 5.41) is 8.42. The molecule has 1 aromatic heterocycles. The van der Waals surface area contributed by atoms with Crippen LogP contribution in [0.5, 0.6) is 0 Å². The van der Waals surface area contributed by atoms with E-state index in [1.54, 1.807) is 16.8 Å². The zero-order chi connectivity index (χ0) is 14.4.